The summed E-state index contributed by atoms with van der Waals surface area (Å²) in [6.45, 7) is 0. The van der Waals surface area contributed by atoms with E-state index in [2.05, 4.69) is 5.10 Å². The first-order valence-electron chi connectivity index (χ1n) is 6.92. The summed E-state index contributed by atoms with van der Waals surface area (Å²) in [4.78, 5) is 10.1. The monoisotopic (exact) mass is 307 g/mol. The zero-order valence-electron chi connectivity index (χ0n) is 12.1. The number of benzene rings is 2. The average molecular weight is 307 g/mol. The summed E-state index contributed by atoms with van der Waals surface area (Å²) in [5.41, 5.74) is 1.74. The predicted molar refractivity (Wildman–Crippen MR) is 88.0 cm³/mol. The van der Waals surface area contributed by atoms with Crippen LogP contribution < -0.4 is 5.01 Å². The Labute approximate surface area is 132 Å². The van der Waals surface area contributed by atoms with Gasteiger partial charge >= 0.3 is 5.88 Å². The number of nitrogens with zero attached hydrogens (tertiary/aromatic N) is 3. The van der Waals surface area contributed by atoms with Gasteiger partial charge in [0.2, 0.25) is 0 Å². The largest absolute Gasteiger partial charge is 0.433 e. The third-order valence-electron chi connectivity index (χ3n) is 3.09. The highest BCUT2D eigenvalue weighted by molar-refractivity contribution is 5.79. The molecule has 0 unspecified atom stereocenters. The molecule has 0 amide bonds. The predicted octanol–water partition coefficient (Wildman–Crippen LogP) is 4.36. The topological polar surface area (TPSA) is 71.9 Å². The molecule has 1 heterocycles. The highest BCUT2D eigenvalue weighted by atomic mass is 16.6. The van der Waals surface area contributed by atoms with Crippen LogP contribution in [-0.2, 0) is 0 Å². The molecule has 0 aliphatic heterocycles. The number of anilines is 2. The van der Waals surface area contributed by atoms with E-state index in [0.29, 0.717) is 5.76 Å². The van der Waals surface area contributed by atoms with Crippen LogP contribution in [0.3, 0.4) is 0 Å². The molecule has 0 spiro atoms. The van der Waals surface area contributed by atoms with Crippen molar-refractivity contribution in [3.63, 3.8) is 0 Å². The van der Waals surface area contributed by atoms with Crippen LogP contribution in [0.4, 0.5) is 17.3 Å². The number of furan rings is 1. The number of para-hydroxylation sites is 2. The maximum atomic E-state index is 10.7. The van der Waals surface area contributed by atoms with E-state index >= 15 is 0 Å². The molecule has 0 atom stereocenters. The number of nitro groups is 1. The molecule has 114 valence electrons. The molecule has 0 saturated heterocycles. The van der Waals surface area contributed by atoms with Crippen molar-refractivity contribution >= 4 is 23.5 Å². The Morgan fingerprint density at radius 3 is 1.96 bits per heavy atom. The maximum absolute atomic E-state index is 10.7. The standard InChI is InChI=1S/C17H13N3O3/c21-20(22)17-12-11-16(23-17)13-18-19(14-7-3-1-4-8-14)15-9-5-2-6-10-15/h1-13H. The summed E-state index contributed by atoms with van der Waals surface area (Å²) < 4.78 is 5.09. The molecule has 0 saturated carbocycles. The second-order valence-corrected chi connectivity index (χ2v) is 4.66. The van der Waals surface area contributed by atoms with Crippen LogP contribution in [0.1, 0.15) is 5.76 Å². The molecule has 1 aromatic heterocycles. The molecule has 0 aliphatic rings. The first kappa shape index (κ1) is 14.5. The zero-order valence-corrected chi connectivity index (χ0v) is 12.1. The van der Waals surface area contributed by atoms with Crippen LogP contribution in [0.25, 0.3) is 0 Å². The van der Waals surface area contributed by atoms with Gasteiger partial charge in [-0.15, -0.1) is 0 Å². The van der Waals surface area contributed by atoms with Crippen LogP contribution in [0, 0.1) is 10.1 Å². The second-order valence-electron chi connectivity index (χ2n) is 4.66. The van der Waals surface area contributed by atoms with Crippen molar-refractivity contribution < 1.29 is 9.34 Å². The summed E-state index contributed by atoms with van der Waals surface area (Å²) in [6, 6.07) is 22.0. The minimum Gasteiger partial charge on any atom is -0.400 e. The smallest absolute Gasteiger partial charge is 0.400 e. The molecule has 23 heavy (non-hydrogen) atoms. The summed E-state index contributed by atoms with van der Waals surface area (Å²) in [7, 11) is 0. The van der Waals surface area contributed by atoms with Gasteiger partial charge in [-0.25, -0.2) is 5.01 Å². The molecule has 0 N–H and O–H groups in total. The van der Waals surface area contributed by atoms with Gasteiger partial charge in [-0.3, -0.25) is 10.1 Å². The third-order valence-corrected chi connectivity index (χ3v) is 3.09. The van der Waals surface area contributed by atoms with Crippen molar-refractivity contribution in [2.75, 3.05) is 5.01 Å². The Morgan fingerprint density at radius 2 is 1.48 bits per heavy atom. The Morgan fingerprint density at radius 1 is 0.913 bits per heavy atom. The lowest BCUT2D eigenvalue weighted by Crippen LogP contribution is -2.08. The Kier molecular flexibility index (Phi) is 4.15. The molecule has 3 rings (SSSR count). The third kappa shape index (κ3) is 3.44. The molecule has 2 aromatic carbocycles. The van der Waals surface area contributed by atoms with Crippen molar-refractivity contribution in [1.82, 2.24) is 0 Å². The van der Waals surface area contributed by atoms with E-state index in [1.54, 1.807) is 5.01 Å². The quantitative estimate of drug-likeness (QED) is 0.399. The van der Waals surface area contributed by atoms with Crippen LogP contribution in [0.5, 0.6) is 0 Å². The highest BCUT2D eigenvalue weighted by Gasteiger charge is 2.11. The molecular formula is C17H13N3O3. The van der Waals surface area contributed by atoms with Gasteiger partial charge in [-0.1, -0.05) is 36.4 Å². The fourth-order valence-electron chi connectivity index (χ4n) is 2.05. The fraction of sp³-hybridized carbons (Fsp3) is 0. The van der Waals surface area contributed by atoms with Gasteiger partial charge < -0.3 is 4.42 Å². The number of rotatable bonds is 5. The highest BCUT2D eigenvalue weighted by Crippen LogP contribution is 2.25. The number of hydrazone groups is 1. The van der Waals surface area contributed by atoms with Gasteiger partial charge in [0.15, 0.2) is 5.76 Å². The molecule has 6 nitrogen and oxygen atoms in total. The van der Waals surface area contributed by atoms with Crippen molar-refractivity contribution in [1.29, 1.82) is 0 Å². The molecule has 0 bridgehead atoms. The van der Waals surface area contributed by atoms with Crippen LogP contribution >= 0.6 is 0 Å². The van der Waals surface area contributed by atoms with E-state index in [1.165, 1.54) is 18.3 Å². The van der Waals surface area contributed by atoms with Crippen LogP contribution in [-0.4, -0.2) is 11.1 Å². The van der Waals surface area contributed by atoms with E-state index in [1.807, 2.05) is 60.7 Å². The summed E-state index contributed by atoms with van der Waals surface area (Å²) in [5, 5.41) is 16.8. The minimum absolute atomic E-state index is 0.308. The maximum Gasteiger partial charge on any atom is 0.433 e. The van der Waals surface area contributed by atoms with Gasteiger partial charge in [-0.05, 0) is 30.3 Å². The van der Waals surface area contributed by atoms with Crippen molar-refractivity contribution in [3.05, 3.63) is 88.7 Å². The van der Waals surface area contributed by atoms with Gasteiger partial charge in [-0.2, -0.15) is 5.10 Å². The molecular weight excluding hydrogens is 294 g/mol. The second kappa shape index (κ2) is 6.57. The van der Waals surface area contributed by atoms with Crippen LogP contribution in [0.15, 0.2) is 82.3 Å². The normalized spacial score (nSPS) is 10.8. The summed E-state index contributed by atoms with van der Waals surface area (Å²) in [6.07, 6.45) is 1.45. The lowest BCUT2D eigenvalue weighted by Gasteiger charge is -2.18. The van der Waals surface area contributed by atoms with E-state index in [9.17, 15) is 10.1 Å². The molecule has 3 aromatic rings. The average Bonchev–Trinajstić information content (AvgIpc) is 3.06. The zero-order chi connectivity index (χ0) is 16.1. The van der Waals surface area contributed by atoms with E-state index < -0.39 is 4.92 Å². The van der Waals surface area contributed by atoms with E-state index in [0.717, 1.165) is 11.4 Å². The van der Waals surface area contributed by atoms with Gasteiger partial charge in [0.1, 0.15) is 4.92 Å². The van der Waals surface area contributed by atoms with E-state index in [4.69, 9.17) is 4.42 Å². The summed E-state index contributed by atoms with van der Waals surface area (Å²) in [5.74, 6) is 0.00554. The molecule has 0 radical (unpaired) electrons. The number of hydrogen-bond donors (Lipinski definition) is 0. The van der Waals surface area contributed by atoms with Crippen molar-refractivity contribution in [3.8, 4) is 0 Å². The number of hydrogen-bond acceptors (Lipinski definition) is 5. The summed E-state index contributed by atoms with van der Waals surface area (Å²) >= 11 is 0. The first-order valence-corrected chi connectivity index (χ1v) is 6.92. The van der Waals surface area contributed by atoms with Crippen molar-refractivity contribution in [2.45, 2.75) is 0 Å². The lowest BCUT2D eigenvalue weighted by atomic mass is 10.2. The van der Waals surface area contributed by atoms with Crippen molar-refractivity contribution in [2.24, 2.45) is 5.10 Å². The lowest BCUT2D eigenvalue weighted by molar-refractivity contribution is -0.402. The molecule has 0 fully saturated rings. The SMILES string of the molecule is O=[N+]([O-])c1ccc(C=NN(c2ccccc2)c2ccccc2)o1. The first-order chi connectivity index (χ1) is 11.2. The minimum atomic E-state index is -0.580. The molecule has 6 heteroatoms. The van der Waals surface area contributed by atoms with Gasteiger partial charge in [0, 0.05) is 0 Å². The van der Waals surface area contributed by atoms with E-state index in [-0.39, 0.29) is 5.88 Å². The van der Waals surface area contributed by atoms with Crippen LogP contribution in [0.2, 0.25) is 0 Å². The Hall–Kier alpha value is -3.41. The Balaban J connectivity index is 1.92. The fourth-order valence-corrected chi connectivity index (χ4v) is 2.05. The Bertz CT molecular complexity index is 774. The van der Waals surface area contributed by atoms with Gasteiger partial charge in [0.25, 0.3) is 0 Å². The van der Waals surface area contributed by atoms with Gasteiger partial charge in [0.05, 0.1) is 23.7 Å². The molecule has 0 aliphatic carbocycles.